The van der Waals surface area contributed by atoms with E-state index in [4.69, 9.17) is 5.11 Å². The Hall–Kier alpha value is -1.62. The van der Waals surface area contributed by atoms with Gasteiger partial charge in [0.25, 0.3) is 0 Å². The van der Waals surface area contributed by atoms with Crippen LogP contribution in [0.5, 0.6) is 0 Å². The van der Waals surface area contributed by atoms with Crippen molar-refractivity contribution in [1.82, 2.24) is 4.98 Å². The van der Waals surface area contributed by atoms with Crippen LogP contribution in [-0.2, 0) is 0 Å². The Balaban J connectivity index is 2.32. The van der Waals surface area contributed by atoms with E-state index < -0.39 is 5.97 Å². The molecule has 0 bridgehead atoms. The summed E-state index contributed by atoms with van der Waals surface area (Å²) in [6.07, 6.45) is 1.75. The molecule has 0 amide bonds. The number of rotatable bonds is 4. The van der Waals surface area contributed by atoms with Gasteiger partial charge in [-0.3, -0.25) is 0 Å². The van der Waals surface area contributed by atoms with Gasteiger partial charge in [0, 0.05) is 25.4 Å². The van der Waals surface area contributed by atoms with Crippen molar-refractivity contribution in [1.29, 1.82) is 0 Å². The van der Waals surface area contributed by atoms with Gasteiger partial charge in [-0.15, -0.1) is 0 Å². The summed E-state index contributed by atoms with van der Waals surface area (Å²) in [5, 5.41) is 18.3. The third kappa shape index (κ3) is 2.87. The molecule has 5 heteroatoms. The van der Waals surface area contributed by atoms with E-state index >= 15 is 0 Å². The quantitative estimate of drug-likeness (QED) is 0.864. The fraction of sp³-hybridized carbons (Fsp3) is 0.571. The van der Waals surface area contributed by atoms with Gasteiger partial charge >= 0.3 is 5.97 Å². The SMILES string of the molecule is Cc1cc(C)c(C(=O)O)c(N2CCC(CCO)C2)n1. The minimum Gasteiger partial charge on any atom is -0.478 e. The molecule has 1 fully saturated rings. The van der Waals surface area contributed by atoms with Crippen LogP contribution < -0.4 is 4.90 Å². The summed E-state index contributed by atoms with van der Waals surface area (Å²) >= 11 is 0. The first-order chi connectivity index (χ1) is 9.02. The number of anilines is 1. The van der Waals surface area contributed by atoms with Gasteiger partial charge in [0.05, 0.1) is 0 Å². The summed E-state index contributed by atoms with van der Waals surface area (Å²) in [6, 6.07) is 1.80. The van der Waals surface area contributed by atoms with Crippen LogP contribution in [0.1, 0.15) is 34.5 Å². The van der Waals surface area contributed by atoms with Crippen molar-refractivity contribution in [3.8, 4) is 0 Å². The minimum atomic E-state index is -0.925. The molecule has 1 aliphatic heterocycles. The van der Waals surface area contributed by atoms with E-state index in [0.29, 0.717) is 17.3 Å². The van der Waals surface area contributed by atoms with E-state index in [2.05, 4.69) is 4.98 Å². The van der Waals surface area contributed by atoms with Crippen LogP contribution in [0.25, 0.3) is 0 Å². The number of nitrogens with zero attached hydrogens (tertiary/aromatic N) is 2. The zero-order valence-electron chi connectivity index (χ0n) is 11.4. The molecule has 104 valence electrons. The molecule has 2 N–H and O–H groups in total. The summed E-state index contributed by atoms with van der Waals surface area (Å²) in [5.74, 6) is 0.0744. The Kier molecular flexibility index (Phi) is 4.04. The van der Waals surface area contributed by atoms with Gasteiger partial charge in [0.1, 0.15) is 11.4 Å². The van der Waals surface area contributed by atoms with Gasteiger partial charge in [0.15, 0.2) is 0 Å². The lowest BCUT2D eigenvalue weighted by Gasteiger charge is -2.21. The Morgan fingerprint density at radius 3 is 2.89 bits per heavy atom. The van der Waals surface area contributed by atoms with Crippen LogP contribution >= 0.6 is 0 Å². The highest BCUT2D eigenvalue weighted by molar-refractivity contribution is 5.95. The molecule has 1 aromatic heterocycles. The van der Waals surface area contributed by atoms with Gasteiger partial charge in [-0.2, -0.15) is 0 Å². The largest absolute Gasteiger partial charge is 0.478 e. The average Bonchev–Trinajstić information content (AvgIpc) is 2.76. The maximum Gasteiger partial charge on any atom is 0.339 e. The maximum absolute atomic E-state index is 11.4. The number of hydrogen-bond donors (Lipinski definition) is 2. The molecule has 2 heterocycles. The number of pyridine rings is 1. The molecular formula is C14H20N2O3. The summed E-state index contributed by atoms with van der Waals surface area (Å²) in [7, 11) is 0. The first-order valence-electron chi connectivity index (χ1n) is 6.60. The van der Waals surface area contributed by atoms with Crippen LogP contribution in [0.3, 0.4) is 0 Å². The summed E-state index contributed by atoms with van der Waals surface area (Å²) in [4.78, 5) is 17.9. The van der Waals surface area contributed by atoms with E-state index in [1.165, 1.54) is 0 Å². The van der Waals surface area contributed by atoms with Crippen molar-refractivity contribution in [3.63, 3.8) is 0 Å². The van der Waals surface area contributed by atoms with Crippen LogP contribution in [0.15, 0.2) is 6.07 Å². The standard InChI is InChI=1S/C14H20N2O3/c1-9-7-10(2)15-13(12(9)14(18)19)16-5-3-11(8-16)4-6-17/h7,11,17H,3-6,8H2,1-2H3,(H,18,19). The lowest BCUT2D eigenvalue weighted by atomic mass is 10.1. The first-order valence-corrected chi connectivity index (χ1v) is 6.60. The highest BCUT2D eigenvalue weighted by Crippen LogP contribution is 2.29. The second-order valence-corrected chi connectivity index (χ2v) is 5.20. The van der Waals surface area contributed by atoms with E-state index in [9.17, 15) is 9.90 Å². The Morgan fingerprint density at radius 1 is 1.53 bits per heavy atom. The minimum absolute atomic E-state index is 0.185. The van der Waals surface area contributed by atoms with Crippen molar-refractivity contribution in [2.45, 2.75) is 26.7 Å². The molecule has 1 aromatic rings. The highest BCUT2D eigenvalue weighted by Gasteiger charge is 2.27. The number of aromatic carboxylic acids is 1. The van der Waals surface area contributed by atoms with Gasteiger partial charge in [-0.25, -0.2) is 9.78 Å². The number of carbonyl (C=O) groups is 1. The Morgan fingerprint density at radius 2 is 2.26 bits per heavy atom. The van der Waals surface area contributed by atoms with Crippen LogP contribution in [0, 0.1) is 19.8 Å². The second-order valence-electron chi connectivity index (χ2n) is 5.20. The molecule has 0 saturated carbocycles. The fourth-order valence-electron chi connectivity index (χ4n) is 2.75. The number of aromatic nitrogens is 1. The Labute approximate surface area is 112 Å². The zero-order chi connectivity index (χ0) is 14.0. The Bertz CT molecular complexity index is 488. The van der Waals surface area contributed by atoms with Crippen molar-refractivity contribution in [2.75, 3.05) is 24.6 Å². The smallest absolute Gasteiger partial charge is 0.339 e. The number of carboxylic acids is 1. The lowest BCUT2D eigenvalue weighted by Crippen LogP contribution is -2.24. The third-order valence-corrected chi connectivity index (χ3v) is 3.66. The molecule has 1 unspecified atom stereocenters. The molecule has 0 aromatic carbocycles. The van der Waals surface area contributed by atoms with E-state index in [1.54, 1.807) is 6.07 Å². The predicted octanol–water partition coefficient (Wildman–Crippen LogP) is 1.61. The van der Waals surface area contributed by atoms with E-state index in [0.717, 1.165) is 37.2 Å². The van der Waals surface area contributed by atoms with Crippen molar-refractivity contribution in [2.24, 2.45) is 5.92 Å². The number of hydrogen-bond acceptors (Lipinski definition) is 4. The van der Waals surface area contributed by atoms with Crippen molar-refractivity contribution < 1.29 is 15.0 Å². The van der Waals surface area contributed by atoms with Crippen LogP contribution in [0.2, 0.25) is 0 Å². The molecule has 1 aliphatic rings. The second kappa shape index (κ2) is 5.57. The lowest BCUT2D eigenvalue weighted by molar-refractivity contribution is 0.0696. The number of aryl methyl sites for hydroxylation is 2. The summed E-state index contributed by atoms with van der Waals surface area (Å²) in [6.45, 7) is 5.45. The van der Waals surface area contributed by atoms with Gasteiger partial charge in [-0.05, 0) is 44.2 Å². The number of aliphatic hydroxyl groups excluding tert-OH is 1. The van der Waals surface area contributed by atoms with Crippen LogP contribution in [0.4, 0.5) is 5.82 Å². The molecule has 0 spiro atoms. The molecule has 0 aliphatic carbocycles. The third-order valence-electron chi connectivity index (χ3n) is 3.66. The topological polar surface area (TPSA) is 73.7 Å². The van der Waals surface area contributed by atoms with Gasteiger partial charge in [0.2, 0.25) is 0 Å². The van der Waals surface area contributed by atoms with Crippen LogP contribution in [-0.4, -0.2) is 40.9 Å². The van der Waals surface area contributed by atoms with Gasteiger partial charge in [-0.1, -0.05) is 0 Å². The molecule has 5 nitrogen and oxygen atoms in total. The molecule has 2 rings (SSSR count). The molecule has 19 heavy (non-hydrogen) atoms. The monoisotopic (exact) mass is 264 g/mol. The fourth-order valence-corrected chi connectivity index (χ4v) is 2.75. The average molecular weight is 264 g/mol. The first kappa shape index (κ1) is 13.8. The normalized spacial score (nSPS) is 18.9. The molecule has 0 radical (unpaired) electrons. The number of carboxylic acid groups (broad SMARTS) is 1. The number of aliphatic hydroxyl groups is 1. The molecular weight excluding hydrogens is 244 g/mol. The summed E-state index contributed by atoms with van der Waals surface area (Å²) in [5.41, 5.74) is 1.89. The van der Waals surface area contributed by atoms with E-state index in [-0.39, 0.29) is 6.61 Å². The summed E-state index contributed by atoms with van der Waals surface area (Å²) < 4.78 is 0. The molecule has 1 saturated heterocycles. The molecule has 1 atom stereocenters. The van der Waals surface area contributed by atoms with Crippen molar-refractivity contribution in [3.05, 3.63) is 22.9 Å². The van der Waals surface area contributed by atoms with Crippen molar-refractivity contribution >= 4 is 11.8 Å². The zero-order valence-corrected chi connectivity index (χ0v) is 11.4. The predicted molar refractivity (Wildman–Crippen MR) is 72.7 cm³/mol. The maximum atomic E-state index is 11.4. The van der Waals surface area contributed by atoms with E-state index in [1.807, 2.05) is 18.7 Å². The highest BCUT2D eigenvalue weighted by atomic mass is 16.4. The van der Waals surface area contributed by atoms with Gasteiger partial charge < -0.3 is 15.1 Å².